The van der Waals surface area contributed by atoms with Gasteiger partial charge in [0.1, 0.15) is 10.6 Å². The van der Waals surface area contributed by atoms with Crippen LogP contribution in [-0.4, -0.2) is 28.6 Å². The Morgan fingerprint density at radius 2 is 1.96 bits per heavy atom. The third kappa shape index (κ3) is 4.66. The molecule has 0 aromatic heterocycles. The minimum absolute atomic E-state index is 0.103. The first-order valence-electron chi connectivity index (χ1n) is 8.26. The molecular formula is C17H16F6N4S. The van der Waals surface area contributed by atoms with Gasteiger partial charge in [-0.05, 0) is 24.3 Å². The van der Waals surface area contributed by atoms with Crippen LogP contribution in [0.3, 0.4) is 0 Å². The first-order valence-corrected chi connectivity index (χ1v) is 9.24. The van der Waals surface area contributed by atoms with E-state index < -0.39 is 41.6 Å². The summed E-state index contributed by atoms with van der Waals surface area (Å²) in [6, 6.07) is 0.983. The van der Waals surface area contributed by atoms with Crippen LogP contribution in [0.15, 0.2) is 33.4 Å². The molecule has 0 fully saturated rings. The van der Waals surface area contributed by atoms with Crippen molar-refractivity contribution in [3.8, 4) is 0 Å². The predicted octanol–water partition coefficient (Wildman–Crippen LogP) is 6.97. The van der Waals surface area contributed by atoms with Crippen LogP contribution in [0.5, 0.6) is 0 Å². The molecule has 0 spiro atoms. The first-order chi connectivity index (χ1) is 13.0. The highest BCUT2D eigenvalue weighted by Gasteiger charge is 2.51. The van der Waals surface area contributed by atoms with Crippen LogP contribution in [0.1, 0.15) is 32.3 Å². The van der Waals surface area contributed by atoms with Crippen LogP contribution in [0.2, 0.25) is 0 Å². The van der Waals surface area contributed by atoms with Gasteiger partial charge in [0.15, 0.2) is 11.7 Å². The van der Waals surface area contributed by atoms with Crippen molar-refractivity contribution in [3.05, 3.63) is 35.2 Å². The number of benzene rings is 1. The number of halogens is 6. The van der Waals surface area contributed by atoms with Crippen molar-refractivity contribution in [2.75, 3.05) is 5.75 Å². The molecule has 11 heteroatoms. The second-order valence-corrected chi connectivity index (χ2v) is 7.28. The summed E-state index contributed by atoms with van der Waals surface area (Å²) < 4.78 is 78.6. The Kier molecular flexibility index (Phi) is 6.43. The van der Waals surface area contributed by atoms with Gasteiger partial charge < -0.3 is 0 Å². The molecule has 2 atom stereocenters. The fourth-order valence-electron chi connectivity index (χ4n) is 2.70. The average Bonchev–Trinajstić information content (AvgIpc) is 3.07. The Balaban J connectivity index is 2.51. The summed E-state index contributed by atoms with van der Waals surface area (Å²) in [6.45, 7) is 10.3. The topological polar surface area (TPSA) is 41.4 Å². The number of hydrogen-bond acceptors (Lipinski definition) is 4. The second-order valence-electron chi connectivity index (χ2n) is 6.02. The standard InChI is InChI=1S/C17H16F6N4S/c1-4-15(9-13(26-27-15)17(21,22)23)14(28-5-2)25-10-6-7-12(24-3)11(8-10)16(18,19)20/h6-8,13H,4-5,9H2,1-2H3. The van der Waals surface area contributed by atoms with Crippen LogP contribution in [0, 0.1) is 6.57 Å². The SMILES string of the molecule is [C-]#[N+]c1ccc(N=C(SCC)C2(CC)CC(C(F)(F)F)N=N2)cc1C(F)(F)F. The van der Waals surface area contributed by atoms with Crippen LogP contribution in [0.25, 0.3) is 4.85 Å². The van der Waals surface area contributed by atoms with Crippen molar-refractivity contribution in [2.24, 2.45) is 15.2 Å². The maximum absolute atomic E-state index is 13.2. The van der Waals surface area contributed by atoms with Crippen molar-refractivity contribution in [3.63, 3.8) is 0 Å². The van der Waals surface area contributed by atoms with Crippen molar-refractivity contribution in [1.82, 2.24) is 0 Å². The average molecular weight is 422 g/mol. The molecule has 1 aliphatic heterocycles. The van der Waals surface area contributed by atoms with Gasteiger partial charge in [-0.1, -0.05) is 19.9 Å². The Labute approximate surface area is 162 Å². The highest BCUT2D eigenvalue weighted by atomic mass is 32.2. The Bertz CT molecular complexity index is 824. The van der Waals surface area contributed by atoms with Crippen LogP contribution < -0.4 is 0 Å². The highest BCUT2D eigenvalue weighted by Crippen LogP contribution is 2.43. The zero-order valence-corrected chi connectivity index (χ0v) is 15.7. The highest BCUT2D eigenvalue weighted by molar-refractivity contribution is 8.14. The van der Waals surface area contributed by atoms with Crippen LogP contribution in [0.4, 0.5) is 37.7 Å². The monoisotopic (exact) mass is 422 g/mol. The molecule has 2 rings (SSSR count). The summed E-state index contributed by atoms with van der Waals surface area (Å²) in [7, 11) is 0. The molecule has 1 aliphatic rings. The first kappa shape index (κ1) is 22.2. The summed E-state index contributed by atoms with van der Waals surface area (Å²) in [5.74, 6) is 0.444. The molecule has 0 saturated heterocycles. The summed E-state index contributed by atoms with van der Waals surface area (Å²) in [5, 5.41) is 7.36. The van der Waals surface area contributed by atoms with E-state index in [0.717, 1.165) is 23.9 Å². The van der Waals surface area contributed by atoms with Gasteiger partial charge in [0.05, 0.1) is 17.8 Å². The minimum Gasteiger partial charge on any atom is -0.244 e. The van der Waals surface area contributed by atoms with Gasteiger partial charge in [-0.3, -0.25) is 0 Å². The fourth-order valence-corrected chi connectivity index (χ4v) is 3.68. The number of aliphatic imine (C=N–C) groups is 1. The number of nitrogens with zero attached hydrogens (tertiary/aromatic N) is 4. The number of hydrogen-bond donors (Lipinski definition) is 0. The largest absolute Gasteiger partial charge is 0.412 e. The lowest BCUT2D eigenvalue weighted by Crippen LogP contribution is -2.37. The van der Waals surface area contributed by atoms with Gasteiger partial charge in [0.2, 0.25) is 0 Å². The van der Waals surface area contributed by atoms with E-state index in [4.69, 9.17) is 6.57 Å². The van der Waals surface area contributed by atoms with Crippen LogP contribution in [-0.2, 0) is 6.18 Å². The molecule has 1 heterocycles. The molecule has 0 radical (unpaired) electrons. The third-order valence-corrected chi connectivity index (χ3v) is 5.23. The Morgan fingerprint density at radius 3 is 2.43 bits per heavy atom. The maximum atomic E-state index is 13.2. The lowest BCUT2D eigenvalue weighted by atomic mass is 9.91. The molecule has 4 nitrogen and oxygen atoms in total. The second kappa shape index (κ2) is 8.11. The summed E-state index contributed by atoms with van der Waals surface area (Å²) in [5.41, 5.74) is -3.15. The van der Waals surface area contributed by atoms with Crippen molar-refractivity contribution >= 4 is 28.2 Å². The Hall–Kier alpha value is -2.09. The van der Waals surface area contributed by atoms with Gasteiger partial charge in [0, 0.05) is 6.42 Å². The fraction of sp³-hybridized carbons (Fsp3) is 0.529. The number of azo groups is 1. The lowest BCUT2D eigenvalue weighted by Gasteiger charge is -2.25. The molecule has 0 saturated carbocycles. The van der Waals surface area contributed by atoms with E-state index in [2.05, 4.69) is 20.1 Å². The van der Waals surface area contributed by atoms with Gasteiger partial charge in [0.25, 0.3) is 0 Å². The molecule has 0 aliphatic carbocycles. The zero-order chi connectivity index (χ0) is 21.2. The Morgan fingerprint density at radius 1 is 1.29 bits per heavy atom. The third-order valence-electron chi connectivity index (χ3n) is 4.20. The summed E-state index contributed by atoms with van der Waals surface area (Å²) in [4.78, 5) is 7.05. The van der Waals surface area contributed by atoms with Crippen molar-refractivity contribution in [2.45, 2.75) is 50.6 Å². The number of alkyl halides is 6. The van der Waals surface area contributed by atoms with E-state index >= 15 is 0 Å². The van der Waals surface area contributed by atoms with E-state index in [0.29, 0.717) is 5.75 Å². The number of rotatable bonds is 4. The molecular weight excluding hydrogens is 406 g/mol. The van der Waals surface area contributed by atoms with Crippen molar-refractivity contribution < 1.29 is 26.3 Å². The molecule has 1 aromatic carbocycles. The van der Waals surface area contributed by atoms with Gasteiger partial charge >= 0.3 is 12.4 Å². The van der Waals surface area contributed by atoms with E-state index in [-0.39, 0.29) is 17.2 Å². The molecule has 0 N–H and O–H groups in total. The lowest BCUT2D eigenvalue weighted by molar-refractivity contribution is -0.147. The molecule has 28 heavy (non-hydrogen) atoms. The van der Waals surface area contributed by atoms with Crippen molar-refractivity contribution in [1.29, 1.82) is 0 Å². The van der Waals surface area contributed by atoms with E-state index in [9.17, 15) is 26.3 Å². The van der Waals surface area contributed by atoms with Crippen LogP contribution >= 0.6 is 11.8 Å². The van der Waals surface area contributed by atoms with E-state index in [1.165, 1.54) is 6.07 Å². The maximum Gasteiger partial charge on any atom is 0.412 e. The van der Waals surface area contributed by atoms with Gasteiger partial charge in [-0.15, -0.1) is 11.8 Å². The smallest absolute Gasteiger partial charge is 0.244 e. The zero-order valence-electron chi connectivity index (χ0n) is 14.9. The molecule has 1 aromatic rings. The summed E-state index contributed by atoms with van der Waals surface area (Å²) >= 11 is 1.12. The normalized spacial score (nSPS) is 23.1. The summed E-state index contributed by atoms with van der Waals surface area (Å²) in [6.07, 6.45) is -9.57. The predicted molar refractivity (Wildman–Crippen MR) is 95.3 cm³/mol. The van der Waals surface area contributed by atoms with Gasteiger partial charge in [-0.2, -0.15) is 36.6 Å². The molecule has 0 amide bonds. The minimum atomic E-state index is -4.75. The quantitative estimate of drug-likeness (QED) is 0.223. The van der Waals surface area contributed by atoms with E-state index in [1.54, 1.807) is 13.8 Å². The number of thioether (sulfide) groups is 1. The van der Waals surface area contributed by atoms with E-state index in [1.807, 2.05) is 0 Å². The molecule has 2 unspecified atom stereocenters. The van der Waals surface area contributed by atoms with Gasteiger partial charge in [-0.25, -0.2) is 9.84 Å². The molecule has 0 bridgehead atoms. The molecule has 152 valence electrons.